The normalized spacial score (nSPS) is 13.3. The van der Waals surface area contributed by atoms with Crippen molar-refractivity contribution >= 4 is 17.7 Å². The third-order valence-corrected chi connectivity index (χ3v) is 5.00. The number of benzene rings is 3. The predicted octanol–water partition coefficient (Wildman–Crippen LogP) is 4.82. The van der Waals surface area contributed by atoms with Crippen molar-refractivity contribution in [2.24, 2.45) is 0 Å². The molecule has 0 unspecified atom stereocenters. The standard InChI is InChI=1S/C23H18FNO4/c24-21(22(26)27)25(15-8-2-1-3-9-15)23(28)29-14-20-18-12-6-4-10-16(18)17-11-5-7-13-19(17)20/h1-13,20-21H,14H2,(H,26,27)/t21-/m1/s1. The van der Waals surface area contributed by atoms with E-state index in [1.54, 1.807) is 18.2 Å². The van der Waals surface area contributed by atoms with Crippen molar-refractivity contribution in [3.8, 4) is 11.1 Å². The number of alkyl halides is 1. The minimum Gasteiger partial charge on any atom is -0.478 e. The molecule has 1 aliphatic rings. The lowest BCUT2D eigenvalue weighted by Crippen LogP contribution is -2.43. The molecule has 0 saturated heterocycles. The van der Waals surface area contributed by atoms with Gasteiger partial charge in [-0.2, -0.15) is 0 Å². The van der Waals surface area contributed by atoms with Crippen LogP contribution in [-0.2, 0) is 9.53 Å². The van der Waals surface area contributed by atoms with Gasteiger partial charge >= 0.3 is 12.1 Å². The fraction of sp³-hybridized carbons (Fsp3) is 0.130. The van der Waals surface area contributed by atoms with Gasteiger partial charge in [0.15, 0.2) is 0 Å². The number of nitrogens with zero attached hydrogens (tertiary/aromatic N) is 1. The quantitative estimate of drug-likeness (QED) is 0.633. The van der Waals surface area contributed by atoms with Crippen LogP contribution < -0.4 is 4.90 Å². The number of carboxylic acids is 1. The highest BCUT2D eigenvalue weighted by molar-refractivity contribution is 5.94. The van der Waals surface area contributed by atoms with Crippen molar-refractivity contribution in [3.63, 3.8) is 0 Å². The third-order valence-electron chi connectivity index (χ3n) is 5.00. The van der Waals surface area contributed by atoms with Gasteiger partial charge in [0.2, 0.25) is 0 Å². The highest BCUT2D eigenvalue weighted by atomic mass is 19.1. The van der Waals surface area contributed by atoms with E-state index in [-0.39, 0.29) is 18.2 Å². The Kier molecular flexibility index (Phi) is 4.99. The number of halogens is 1. The lowest BCUT2D eigenvalue weighted by molar-refractivity contribution is -0.142. The van der Waals surface area contributed by atoms with Gasteiger partial charge < -0.3 is 9.84 Å². The summed E-state index contributed by atoms with van der Waals surface area (Å²) in [7, 11) is 0. The molecule has 1 amide bonds. The molecule has 4 rings (SSSR count). The maximum absolute atomic E-state index is 14.3. The number of amides is 1. The average molecular weight is 391 g/mol. The van der Waals surface area contributed by atoms with Crippen LogP contribution in [0.3, 0.4) is 0 Å². The first-order chi connectivity index (χ1) is 14.1. The highest BCUT2D eigenvalue weighted by Crippen LogP contribution is 2.44. The number of ether oxygens (including phenoxy) is 1. The predicted molar refractivity (Wildman–Crippen MR) is 107 cm³/mol. The van der Waals surface area contributed by atoms with Gasteiger partial charge in [-0.1, -0.05) is 66.7 Å². The second-order valence-corrected chi connectivity index (χ2v) is 6.68. The molecular weight excluding hydrogens is 373 g/mol. The molecule has 5 nitrogen and oxygen atoms in total. The summed E-state index contributed by atoms with van der Waals surface area (Å²) < 4.78 is 19.7. The molecule has 0 aromatic heterocycles. The summed E-state index contributed by atoms with van der Waals surface area (Å²) in [4.78, 5) is 24.4. The molecule has 29 heavy (non-hydrogen) atoms. The summed E-state index contributed by atoms with van der Waals surface area (Å²) >= 11 is 0. The number of carbonyl (C=O) groups excluding carboxylic acids is 1. The zero-order valence-corrected chi connectivity index (χ0v) is 15.4. The van der Waals surface area contributed by atoms with Crippen LogP contribution in [0.4, 0.5) is 14.9 Å². The summed E-state index contributed by atoms with van der Waals surface area (Å²) in [5.41, 5.74) is 4.28. The van der Waals surface area contributed by atoms with Crippen molar-refractivity contribution in [1.29, 1.82) is 0 Å². The SMILES string of the molecule is O=C(O)[C@H](F)N(C(=O)OCC1c2ccccc2-c2ccccc21)c1ccccc1. The minimum atomic E-state index is -2.55. The molecule has 3 aromatic carbocycles. The van der Waals surface area contributed by atoms with Crippen LogP contribution in [0.2, 0.25) is 0 Å². The highest BCUT2D eigenvalue weighted by Gasteiger charge is 2.34. The lowest BCUT2D eigenvalue weighted by atomic mass is 9.98. The van der Waals surface area contributed by atoms with E-state index in [2.05, 4.69) is 0 Å². The third kappa shape index (κ3) is 3.45. The van der Waals surface area contributed by atoms with Crippen LogP contribution in [-0.4, -0.2) is 30.1 Å². The molecule has 146 valence electrons. The average Bonchev–Trinajstić information content (AvgIpc) is 3.07. The molecule has 0 saturated carbocycles. The van der Waals surface area contributed by atoms with Crippen molar-refractivity contribution < 1.29 is 23.8 Å². The molecule has 0 heterocycles. The zero-order valence-electron chi connectivity index (χ0n) is 15.4. The fourth-order valence-electron chi connectivity index (χ4n) is 3.69. The zero-order chi connectivity index (χ0) is 20.4. The maximum atomic E-state index is 14.3. The Labute approximate surface area is 167 Å². The number of rotatable bonds is 5. The molecule has 0 bridgehead atoms. The number of anilines is 1. The van der Waals surface area contributed by atoms with Gasteiger partial charge in [0.1, 0.15) is 6.61 Å². The van der Waals surface area contributed by atoms with E-state index in [1.165, 1.54) is 12.1 Å². The maximum Gasteiger partial charge on any atom is 0.417 e. The van der Waals surface area contributed by atoms with E-state index in [9.17, 15) is 14.0 Å². The van der Waals surface area contributed by atoms with Gasteiger partial charge in [-0.05, 0) is 34.4 Å². The summed E-state index contributed by atoms with van der Waals surface area (Å²) in [5, 5.41) is 9.08. The van der Waals surface area contributed by atoms with Gasteiger partial charge in [-0.3, -0.25) is 0 Å². The Morgan fingerprint density at radius 1 is 0.897 bits per heavy atom. The Bertz CT molecular complexity index is 1010. The van der Waals surface area contributed by atoms with Gasteiger partial charge in [0, 0.05) is 5.92 Å². The Hall–Kier alpha value is -3.67. The van der Waals surface area contributed by atoms with Gasteiger partial charge in [-0.15, -0.1) is 0 Å². The van der Waals surface area contributed by atoms with Crippen molar-refractivity contribution in [1.82, 2.24) is 0 Å². The van der Waals surface area contributed by atoms with E-state index in [4.69, 9.17) is 9.84 Å². The van der Waals surface area contributed by atoms with Gasteiger partial charge in [-0.25, -0.2) is 18.9 Å². The molecule has 6 heteroatoms. The van der Waals surface area contributed by atoms with E-state index < -0.39 is 18.4 Å². The number of aliphatic carboxylic acids is 1. The number of hydrogen-bond acceptors (Lipinski definition) is 3. The lowest BCUT2D eigenvalue weighted by Gasteiger charge is -2.24. The molecule has 0 fully saturated rings. The first-order valence-corrected chi connectivity index (χ1v) is 9.14. The minimum absolute atomic E-state index is 0.0253. The smallest absolute Gasteiger partial charge is 0.417 e. The number of hydrogen-bond donors (Lipinski definition) is 1. The van der Waals surface area contributed by atoms with Crippen molar-refractivity contribution in [3.05, 3.63) is 90.0 Å². The van der Waals surface area contributed by atoms with Crippen LogP contribution >= 0.6 is 0 Å². The van der Waals surface area contributed by atoms with Crippen molar-refractivity contribution in [2.75, 3.05) is 11.5 Å². The van der Waals surface area contributed by atoms with E-state index in [0.29, 0.717) is 4.90 Å². The van der Waals surface area contributed by atoms with E-state index in [0.717, 1.165) is 22.3 Å². The topological polar surface area (TPSA) is 66.8 Å². The first-order valence-electron chi connectivity index (χ1n) is 9.14. The van der Waals surface area contributed by atoms with E-state index in [1.807, 2.05) is 48.5 Å². The molecule has 1 aliphatic carbocycles. The molecule has 0 aliphatic heterocycles. The second-order valence-electron chi connectivity index (χ2n) is 6.68. The number of carbonyl (C=O) groups is 2. The van der Waals surface area contributed by atoms with Gasteiger partial charge in [0.25, 0.3) is 6.30 Å². The van der Waals surface area contributed by atoms with Crippen LogP contribution in [0.25, 0.3) is 11.1 Å². The Balaban J connectivity index is 1.59. The van der Waals surface area contributed by atoms with Crippen LogP contribution in [0.5, 0.6) is 0 Å². The molecule has 0 spiro atoms. The second kappa shape index (κ2) is 7.75. The molecule has 1 N–H and O–H groups in total. The van der Waals surface area contributed by atoms with Crippen LogP contribution in [0, 0.1) is 0 Å². The van der Waals surface area contributed by atoms with E-state index >= 15 is 0 Å². The number of para-hydroxylation sites is 1. The van der Waals surface area contributed by atoms with Crippen molar-refractivity contribution in [2.45, 2.75) is 12.2 Å². The fourth-order valence-corrected chi connectivity index (χ4v) is 3.69. The summed E-state index contributed by atoms with van der Waals surface area (Å²) in [6, 6.07) is 23.5. The largest absolute Gasteiger partial charge is 0.478 e. The van der Waals surface area contributed by atoms with Crippen LogP contribution in [0.15, 0.2) is 78.9 Å². The van der Waals surface area contributed by atoms with Gasteiger partial charge in [0.05, 0.1) is 5.69 Å². The molecule has 1 atom stereocenters. The number of carboxylic acid groups (broad SMARTS) is 1. The summed E-state index contributed by atoms with van der Waals surface area (Å²) in [6.45, 7) is -0.0253. The summed E-state index contributed by atoms with van der Waals surface area (Å²) in [6.07, 6.45) is -3.60. The monoisotopic (exact) mass is 391 g/mol. The molecule has 3 aromatic rings. The first kappa shape index (κ1) is 18.7. The molecule has 0 radical (unpaired) electrons. The Morgan fingerprint density at radius 2 is 1.41 bits per heavy atom. The Morgan fingerprint density at radius 3 is 1.97 bits per heavy atom. The summed E-state index contributed by atoms with van der Waals surface area (Å²) in [5.74, 6) is -1.96. The number of fused-ring (bicyclic) bond motifs is 3. The van der Waals surface area contributed by atoms with Crippen LogP contribution in [0.1, 0.15) is 17.0 Å². The molecular formula is C23H18FNO4.